The summed E-state index contributed by atoms with van der Waals surface area (Å²) in [4.78, 5) is 24.7. The molecule has 0 atom stereocenters. The maximum absolute atomic E-state index is 12.4. The van der Waals surface area contributed by atoms with E-state index in [2.05, 4.69) is 74.5 Å². The van der Waals surface area contributed by atoms with E-state index in [0.717, 1.165) is 25.7 Å². The quantitative estimate of drug-likeness (QED) is 0.0544. The summed E-state index contributed by atoms with van der Waals surface area (Å²) < 4.78 is 10.7. The summed E-state index contributed by atoms with van der Waals surface area (Å²) in [7, 11) is 0. The van der Waals surface area contributed by atoms with Crippen LogP contribution in [0.3, 0.4) is 0 Å². The Kier molecular flexibility index (Phi) is 18.3. The van der Waals surface area contributed by atoms with Crippen LogP contribution in [0.4, 0.5) is 0 Å². The van der Waals surface area contributed by atoms with Gasteiger partial charge >= 0.3 is 11.9 Å². The molecule has 0 heterocycles. The predicted octanol–water partition coefficient (Wildman–Crippen LogP) is 10.7. The number of carbonyl (C=O) groups is 2. The molecular weight excluding hydrogens is 568 g/mol. The van der Waals surface area contributed by atoms with E-state index in [1.54, 1.807) is 24.3 Å². The van der Waals surface area contributed by atoms with Gasteiger partial charge in [-0.3, -0.25) is 0 Å². The van der Waals surface area contributed by atoms with Gasteiger partial charge in [-0.1, -0.05) is 139 Å². The third-order valence-electron chi connectivity index (χ3n) is 7.44. The molecule has 0 fully saturated rings. The van der Waals surface area contributed by atoms with E-state index < -0.39 is 11.9 Å². The minimum Gasteiger partial charge on any atom is -0.462 e. The largest absolute Gasteiger partial charge is 0.462 e. The topological polar surface area (TPSA) is 52.6 Å². The van der Waals surface area contributed by atoms with E-state index in [1.165, 1.54) is 72.9 Å². The number of carbonyl (C=O) groups excluding carboxylic acids is 2. The van der Waals surface area contributed by atoms with Crippen LogP contribution < -0.4 is 0 Å². The first-order chi connectivity index (χ1) is 20.6. The fraction of sp³-hybridized carbons (Fsp3) is 0.421. The minimum atomic E-state index is -0.444. The van der Waals surface area contributed by atoms with Gasteiger partial charge in [0.2, 0.25) is 0 Å². The van der Waals surface area contributed by atoms with Crippen LogP contribution in [0.25, 0.3) is 21.5 Å². The molecule has 0 bridgehead atoms. The Balaban J connectivity index is 0.000000355. The van der Waals surface area contributed by atoms with Crippen molar-refractivity contribution < 1.29 is 40.8 Å². The molecule has 4 aromatic rings. The van der Waals surface area contributed by atoms with Gasteiger partial charge in [0.05, 0.1) is 24.3 Å². The van der Waals surface area contributed by atoms with Crippen molar-refractivity contribution in [1.29, 1.82) is 0 Å². The van der Waals surface area contributed by atoms with E-state index in [9.17, 15) is 9.59 Å². The van der Waals surface area contributed by atoms with E-state index in [-0.39, 0.29) is 21.7 Å². The average Bonchev–Trinajstić information content (AvgIpc) is 3.03. The molecule has 0 radical (unpaired) electrons. The molecular formula is C38H48O4Ti. The van der Waals surface area contributed by atoms with Crippen molar-refractivity contribution in [2.24, 2.45) is 0 Å². The number of hydrogen-bond donors (Lipinski definition) is 0. The Morgan fingerprint density at radius 2 is 0.767 bits per heavy atom. The van der Waals surface area contributed by atoms with E-state index in [4.69, 9.17) is 9.47 Å². The predicted molar refractivity (Wildman–Crippen MR) is 175 cm³/mol. The average molecular weight is 617 g/mol. The van der Waals surface area contributed by atoms with Crippen molar-refractivity contribution in [2.45, 2.75) is 90.9 Å². The molecule has 0 aliphatic rings. The van der Waals surface area contributed by atoms with Gasteiger partial charge in [0.15, 0.2) is 0 Å². The molecule has 0 aromatic heterocycles. The Morgan fingerprint density at radius 3 is 1.12 bits per heavy atom. The summed E-state index contributed by atoms with van der Waals surface area (Å²) >= 11 is 0. The van der Waals surface area contributed by atoms with Crippen LogP contribution in [0.5, 0.6) is 0 Å². The summed E-state index contributed by atoms with van der Waals surface area (Å²) in [5, 5.41) is 5.25. The van der Waals surface area contributed by atoms with Crippen LogP contribution in [0.15, 0.2) is 84.9 Å². The molecule has 228 valence electrons. The minimum absolute atomic E-state index is 0. The Bertz CT molecular complexity index is 1210. The van der Waals surface area contributed by atoms with Crippen LogP contribution in [0.1, 0.15) is 112 Å². The molecule has 4 nitrogen and oxygen atoms in total. The molecule has 0 N–H and O–H groups in total. The zero-order valence-corrected chi connectivity index (χ0v) is 27.7. The molecule has 4 rings (SSSR count). The smallest absolute Gasteiger partial charge is 0.339 e. The third kappa shape index (κ3) is 13.1. The first-order valence-electron chi connectivity index (χ1n) is 15.9. The maximum Gasteiger partial charge on any atom is 0.339 e. The van der Waals surface area contributed by atoms with Gasteiger partial charge < -0.3 is 9.47 Å². The Labute approximate surface area is 273 Å². The number of rotatable bonds is 16. The number of hydrogen-bond acceptors (Lipinski definition) is 4. The van der Waals surface area contributed by atoms with Gasteiger partial charge in [-0.05, 0) is 58.7 Å². The monoisotopic (exact) mass is 616 g/mol. The maximum atomic E-state index is 12.4. The van der Waals surface area contributed by atoms with Crippen LogP contribution in [0, 0.1) is 0 Å². The van der Waals surface area contributed by atoms with Crippen molar-refractivity contribution in [2.75, 3.05) is 13.2 Å². The van der Waals surface area contributed by atoms with Crippen molar-refractivity contribution in [3.8, 4) is 0 Å². The van der Waals surface area contributed by atoms with Crippen molar-refractivity contribution >= 4 is 33.5 Å². The van der Waals surface area contributed by atoms with Gasteiger partial charge in [0.25, 0.3) is 0 Å². The number of ether oxygens (including phenoxy) is 2. The standard InChI is InChI=1S/C24H38O4.C14H10.Ti/c1-3-5-7-9-11-15-19-27-23(25)21-17-13-14-18-22(21)24(26)28-20-16-12-10-8-6-4-2;1-2-6-12-10-14-8-4-3-7-13(14)9-11(12)5-1;/h13-14,17-18H,3-12,15-16,19-20H2,1-2H3;1-10H;. The molecule has 4 aromatic carbocycles. The van der Waals surface area contributed by atoms with Crippen molar-refractivity contribution in [1.82, 2.24) is 0 Å². The zero-order chi connectivity index (χ0) is 29.8. The van der Waals surface area contributed by atoms with E-state index in [1.807, 2.05) is 0 Å². The van der Waals surface area contributed by atoms with Crippen molar-refractivity contribution in [3.05, 3.63) is 96.1 Å². The summed E-state index contributed by atoms with van der Waals surface area (Å²) in [6.45, 7) is 5.17. The Morgan fingerprint density at radius 1 is 0.465 bits per heavy atom. The SMILES string of the molecule is CCCCCCCCOC(=O)c1ccccc1C(=O)OCCCCCCCC.[Ti].c1ccc2cc3ccccc3cc2c1. The second-order valence-corrected chi connectivity index (χ2v) is 10.9. The van der Waals surface area contributed by atoms with Crippen LogP contribution >= 0.6 is 0 Å². The summed E-state index contributed by atoms with van der Waals surface area (Å²) in [5.74, 6) is -0.888. The molecule has 0 aliphatic carbocycles. The molecule has 43 heavy (non-hydrogen) atoms. The first-order valence-corrected chi connectivity index (χ1v) is 15.9. The molecule has 5 heteroatoms. The fourth-order valence-corrected chi connectivity index (χ4v) is 4.97. The summed E-state index contributed by atoms with van der Waals surface area (Å²) in [6, 6.07) is 28.2. The normalized spacial score (nSPS) is 10.5. The molecule has 0 unspecified atom stereocenters. The molecule has 0 spiro atoms. The van der Waals surface area contributed by atoms with Gasteiger partial charge in [-0.2, -0.15) is 0 Å². The number of unbranched alkanes of at least 4 members (excludes halogenated alkanes) is 10. The molecule has 0 saturated carbocycles. The van der Waals surface area contributed by atoms with Gasteiger partial charge in [0, 0.05) is 21.7 Å². The number of benzene rings is 4. The third-order valence-corrected chi connectivity index (χ3v) is 7.44. The zero-order valence-electron chi connectivity index (χ0n) is 26.1. The van der Waals surface area contributed by atoms with Gasteiger partial charge in [0.1, 0.15) is 0 Å². The second kappa shape index (κ2) is 21.7. The van der Waals surface area contributed by atoms with Crippen LogP contribution in [-0.2, 0) is 31.2 Å². The second-order valence-electron chi connectivity index (χ2n) is 10.9. The molecule has 0 amide bonds. The molecule has 0 aliphatic heterocycles. The Hall–Kier alpha value is -2.95. The van der Waals surface area contributed by atoms with Crippen molar-refractivity contribution in [3.63, 3.8) is 0 Å². The van der Waals surface area contributed by atoms with Crippen LogP contribution in [-0.4, -0.2) is 25.2 Å². The molecule has 0 saturated heterocycles. The summed E-state index contributed by atoms with van der Waals surface area (Å²) in [5.41, 5.74) is 0.586. The fourth-order valence-electron chi connectivity index (χ4n) is 4.97. The first kappa shape index (κ1) is 36.2. The number of esters is 2. The van der Waals surface area contributed by atoms with E-state index >= 15 is 0 Å². The van der Waals surface area contributed by atoms with Gasteiger partial charge in [-0.15, -0.1) is 0 Å². The van der Waals surface area contributed by atoms with E-state index in [0.29, 0.717) is 24.3 Å². The van der Waals surface area contributed by atoms with Gasteiger partial charge in [-0.25, -0.2) is 9.59 Å². The summed E-state index contributed by atoms with van der Waals surface area (Å²) in [6.07, 6.45) is 13.6. The number of fused-ring (bicyclic) bond motifs is 2. The van der Waals surface area contributed by atoms with Crippen LogP contribution in [0.2, 0.25) is 0 Å².